The molecular formula is C8H11IN2O2. The number of hydrogen-bond acceptors (Lipinski definition) is 3. The third-order valence-electron chi connectivity index (χ3n) is 1.61. The zero-order chi connectivity index (χ0) is 9.84. The van der Waals surface area contributed by atoms with Crippen molar-refractivity contribution in [3.8, 4) is 0 Å². The number of aldehydes is 1. The van der Waals surface area contributed by atoms with Gasteiger partial charge in [-0.05, 0) is 36.4 Å². The summed E-state index contributed by atoms with van der Waals surface area (Å²) in [5.41, 5.74) is 0.465. The average Bonchev–Trinajstić information content (AvgIpc) is 2.47. The Morgan fingerprint density at radius 3 is 3.00 bits per heavy atom. The lowest BCUT2D eigenvalue weighted by Crippen LogP contribution is -2.09. The Labute approximate surface area is 90.4 Å². The zero-order valence-corrected chi connectivity index (χ0v) is 9.69. The van der Waals surface area contributed by atoms with Crippen LogP contribution in [0.3, 0.4) is 0 Å². The van der Waals surface area contributed by atoms with E-state index in [1.54, 1.807) is 10.9 Å². The SMILES string of the molecule is CCO[C@H](C)n1cc(I)c(C=O)n1. The van der Waals surface area contributed by atoms with Crippen LogP contribution < -0.4 is 0 Å². The number of rotatable bonds is 4. The lowest BCUT2D eigenvalue weighted by Gasteiger charge is -2.10. The minimum Gasteiger partial charge on any atom is -0.357 e. The number of carbonyl (C=O) groups excluding carboxylic acids is 1. The van der Waals surface area contributed by atoms with Crippen LogP contribution in [0.2, 0.25) is 0 Å². The lowest BCUT2D eigenvalue weighted by molar-refractivity contribution is 0.0158. The third-order valence-corrected chi connectivity index (χ3v) is 2.44. The Balaban J connectivity index is 2.83. The van der Waals surface area contributed by atoms with Gasteiger partial charge in [0.2, 0.25) is 0 Å². The molecule has 1 aromatic heterocycles. The van der Waals surface area contributed by atoms with E-state index in [-0.39, 0.29) is 6.23 Å². The molecule has 0 aliphatic carbocycles. The molecule has 0 fully saturated rings. The van der Waals surface area contributed by atoms with Crippen molar-refractivity contribution in [2.45, 2.75) is 20.1 Å². The van der Waals surface area contributed by atoms with Crippen LogP contribution in [0.15, 0.2) is 6.20 Å². The van der Waals surface area contributed by atoms with Crippen molar-refractivity contribution in [3.63, 3.8) is 0 Å². The van der Waals surface area contributed by atoms with Crippen LogP contribution in [0.25, 0.3) is 0 Å². The third kappa shape index (κ3) is 2.50. The highest BCUT2D eigenvalue weighted by molar-refractivity contribution is 14.1. The normalized spacial score (nSPS) is 12.8. The molecule has 0 saturated heterocycles. The standard InChI is InChI=1S/C8H11IN2O2/c1-3-13-6(2)11-4-7(9)8(5-12)10-11/h4-6H,3H2,1-2H3/t6-/m1/s1. The Morgan fingerprint density at radius 1 is 1.85 bits per heavy atom. The summed E-state index contributed by atoms with van der Waals surface area (Å²) in [6, 6.07) is 0. The lowest BCUT2D eigenvalue weighted by atomic mass is 10.5. The minimum absolute atomic E-state index is 0.118. The minimum atomic E-state index is -0.118. The molecule has 5 heteroatoms. The molecule has 0 N–H and O–H groups in total. The van der Waals surface area contributed by atoms with Gasteiger partial charge in [0.05, 0.1) is 3.57 Å². The molecule has 72 valence electrons. The number of ether oxygens (including phenoxy) is 1. The molecule has 13 heavy (non-hydrogen) atoms. The number of hydrogen-bond donors (Lipinski definition) is 0. The Hall–Kier alpha value is -0.430. The van der Waals surface area contributed by atoms with E-state index in [1.165, 1.54) is 0 Å². The molecule has 0 aliphatic heterocycles. The maximum absolute atomic E-state index is 10.5. The first-order valence-electron chi connectivity index (χ1n) is 4.00. The first kappa shape index (κ1) is 10.6. The van der Waals surface area contributed by atoms with Gasteiger partial charge in [-0.2, -0.15) is 5.10 Å². The Bertz CT molecular complexity index is 298. The number of aromatic nitrogens is 2. The molecule has 0 saturated carbocycles. The van der Waals surface area contributed by atoms with Crippen LogP contribution in [-0.4, -0.2) is 22.7 Å². The Morgan fingerprint density at radius 2 is 2.54 bits per heavy atom. The molecule has 1 atom stereocenters. The van der Waals surface area contributed by atoms with Crippen molar-refractivity contribution in [2.24, 2.45) is 0 Å². The Kier molecular flexibility index (Phi) is 3.86. The second-order valence-electron chi connectivity index (χ2n) is 2.51. The second-order valence-corrected chi connectivity index (χ2v) is 3.68. The van der Waals surface area contributed by atoms with Crippen LogP contribution in [-0.2, 0) is 4.74 Å². The smallest absolute Gasteiger partial charge is 0.171 e. The topological polar surface area (TPSA) is 44.1 Å². The van der Waals surface area contributed by atoms with Gasteiger partial charge in [0.15, 0.2) is 6.29 Å². The maximum Gasteiger partial charge on any atom is 0.171 e. The molecule has 1 rings (SSSR count). The molecule has 0 bridgehead atoms. The van der Waals surface area contributed by atoms with Crippen LogP contribution in [0.5, 0.6) is 0 Å². The number of nitrogens with zero attached hydrogens (tertiary/aromatic N) is 2. The summed E-state index contributed by atoms with van der Waals surface area (Å²) in [6.07, 6.45) is 2.42. The van der Waals surface area contributed by atoms with E-state index >= 15 is 0 Å². The maximum atomic E-state index is 10.5. The van der Waals surface area contributed by atoms with Gasteiger partial charge in [0, 0.05) is 12.8 Å². The van der Waals surface area contributed by atoms with Gasteiger partial charge in [-0.15, -0.1) is 0 Å². The van der Waals surface area contributed by atoms with Crippen molar-refractivity contribution >= 4 is 28.9 Å². The molecule has 0 aromatic carbocycles. The highest BCUT2D eigenvalue weighted by Crippen LogP contribution is 2.12. The largest absolute Gasteiger partial charge is 0.357 e. The molecule has 0 radical (unpaired) electrons. The van der Waals surface area contributed by atoms with E-state index in [0.29, 0.717) is 12.3 Å². The highest BCUT2D eigenvalue weighted by atomic mass is 127. The van der Waals surface area contributed by atoms with Gasteiger partial charge in [0.25, 0.3) is 0 Å². The van der Waals surface area contributed by atoms with Crippen molar-refractivity contribution in [1.82, 2.24) is 9.78 Å². The first-order chi connectivity index (χ1) is 6.19. The molecule has 0 spiro atoms. The summed E-state index contributed by atoms with van der Waals surface area (Å²) in [4.78, 5) is 10.5. The summed E-state index contributed by atoms with van der Waals surface area (Å²) in [5.74, 6) is 0. The highest BCUT2D eigenvalue weighted by Gasteiger charge is 2.09. The fraction of sp³-hybridized carbons (Fsp3) is 0.500. The monoisotopic (exact) mass is 294 g/mol. The fourth-order valence-corrected chi connectivity index (χ4v) is 1.49. The van der Waals surface area contributed by atoms with Crippen molar-refractivity contribution in [1.29, 1.82) is 0 Å². The number of carbonyl (C=O) groups is 1. The van der Waals surface area contributed by atoms with Gasteiger partial charge >= 0.3 is 0 Å². The van der Waals surface area contributed by atoms with E-state index in [0.717, 1.165) is 9.86 Å². The van der Waals surface area contributed by atoms with Crippen molar-refractivity contribution in [3.05, 3.63) is 15.5 Å². The summed E-state index contributed by atoms with van der Waals surface area (Å²) < 4.78 is 7.82. The fourth-order valence-electron chi connectivity index (χ4n) is 0.967. The van der Waals surface area contributed by atoms with Gasteiger partial charge in [-0.1, -0.05) is 0 Å². The molecule has 0 amide bonds. The average molecular weight is 294 g/mol. The van der Waals surface area contributed by atoms with Crippen LogP contribution in [0.4, 0.5) is 0 Å². The second kappa shape index (κ2) is 4.71. The van der Waals surface area contributed by atoms with E-state index in [4.69, 9.17) is 4.74 Å². The summed E-state index contributed by atoms with van der Waals surface area (Å²) in [5, 5.41) is 4.06. The molecule has 1 aromatic rings. The van der Waals surface area contributed by atoms with Gasteiger partial charge in [-0.25, -0.2) is 4.68 Å². The summed E-state index contributed by atoms with van der Waals surface area (Å²) in [7, 11) is 0. The van der Waals surface area contributed by atoms with E-state index in [1.807, 2.05) is 13.8 Å². The molecule has 4 nitrogen and oxygen atoms in total. The summed E-state index contributed by atoms with van der Waals surface area (Å²) >= 11 is 2.07. The van der Waals surface area contributed by atoms with E-state index in [9.17, 15) is 4.79 Å². The van der Waals surface area contributed by atoms with Crippen molar-refractivity contribution < 1.29 is 9.53 Å². The molecule has 0 aliphatic rings. The predicted molar refractivity (Wildman–Crippen MR) is 56.7 cm³/mol. The molecule has 0 unspecified atom stereocenters. The summed E-state index contributed by atoms with van der Waals surface area (Å²) in [6.45, 7) is 4.45. The van der Waals surface area contributed by atoms with E-state index in [2.05, 4.69) is 27.7 Å². The van der Waals surface area contributed by atoms with Crippen LogP contribution in [0, 0.1) is 3.57 Å². The zero-order valence-electron chi connectivity index (χ0n) is 7.53. The van der Waals surface area contributed by atoms with Crippen LogP contribution >= 0.6 is 22.6 Å². The predicted octanol–water partition coefficient (Wildman–Crippen LogP) is 1.86. The number of halogens is 1. The van der Waals surface area contributed by atoms with Crippen LogP contribution in [0.1, 0.15) is 30.6 Å². The molecule has 1 heterocycles. The van der Waals surface area contributed by atoms with Gasteiger partial charge in [-0.3, -0.25) is 4.79 Å². The van der Waals surface area contributed by atoms with Gasteiger partial charge < -0.3 is 4.74 Å². The first-order valence-corrected chi connectivity index (χ1v) is 5.08. The molecular weight excluding hydrogens is 283 g/mol. The quantitative estimate of drug-likeness (QED) is 0.629. The van der Waals surface area contributed by atoms with E-state index < -0.39 is 0 Å². The van der Waals surface area contributed by atoms with Gasteiger partial charge in [0.1, 0.15) is 11.9 Å². The van der Waals surface area contributed by atoms with Crippen molar-refractivity contribution in [2.75, 3.05) is 6.61 Å².